The third-order valence-electron chi connectivity index (χ3n) is 3.46. The number of piperidine rings is 1. The first-order valence-corrected chi connectivity index (χ1v) is 7.50. The van der Waals surface area contributed by atoms with E-state index in [0.29, 0.717) is 11.7 Å². The second kappa shape index (κ2) is 6.66. The van der Waals surface area contributed by atoms with Crippen molar-refractivity contribution in [3.63, 3.8) is 0 Å². The van der Waals surface area contributed by atoms with Gasteiger partial charge in [-0.3, -0.25) is 0 Å². The maximum atomic E-state index is 13.6. The summed E-state index contributed by atoms with van der Waals surface area (Å²) in [4.78, 5) is 0. The Hall–Kier alpha value is -0.680. The fraction of sp³-hybridized carbons (Fsp3) is 0.571. The summed E-state index contributed by atoms with van der Waals surface area (Å²) in [6, 6.07) is 2.98. The third-order valence-corrected chi connectivity index (χ3v) is 4.07. The van der Waals surface area contributed by atoms with Gasteiger partial charge in [-0.05, 0) is 54.7 Å². The predicted octanol–water partition coefficient (Wildman–Crippen LogP) is 4.06. The lowest BCUT2D eigenvalue weighted by Crippen LogP contribution is -2.37. The van der Waals surface area contributed by atoms with Gasteiger partial charge in [-0.2, -0.15) is 0 Å². The standard InChI is InChI=1S/C14H19BrF2N2/c1-9(6-10-4-2-3-5-18-10)19-14-7-11(15)12(16)8-13(14)17/h7-10,18-19H,2-6H2,1H3. The zero-order valence-electron chi connectivity index (χ0n) is 11.0. The van der Waals surface area contributed by atoms with Crippen LogP contribution in [0.3, 0.4) is 0 Å². The van der Waals surface area contributed by atoms with Crippen LogP contribution in [0.4, 0.5) is 14.5 Å². The smallest absolute Gasteiger partial charge is 0.149 e. The maximum Gasteiger partial charge on any atom is 0.149 e. The molecule has 0 bridgehead atoms. The molecule has 2 nitrogen and oxygen atoms in total. The fourth-order valence-corrected chi connectivity index (χ4v) is 2.85. The molecule has 1 saturated heterocycles. The molecule has 1 aliphatic heterocycles. The summed E-state index contributed by atoms with van der Waals surface area (Å²) in [5.74, 6) is -1.13. The predicted molar refractivity (Wildman–Crippen MR) is 77.4 cm³/mol. The molecule has 0 amide bonds. The quantitative estimate of drug-likeness (QED) is 0.812. The molecule has 2 unspecified atom stereocenters. The van der Waals surface area contributed by atoms with Gasteiger partial charge >= 0.3 is 0 Å². The first-order valence-electron chi connectivity index (χ1n) is 6.70. The van der Waals surface area contributed by atoms with Gasteiger partial charge in [-0.15, -0.1) is 0 Å². The summed E-state index contributed by atoms with van der Waals surface area (Å²) in [7, 11) is 0. The van der Waals surface area contributed by atoms with Gasteiger partial charge < -0.3 is 10.6 Å². The van der Waals surface area contributed by atoms with Crippen LogP contribution in [0.5, 0.6) is 0 Å². The van der Waals surface area contributed by atoms with Crippen LogP contribution >= 0.6 is 15.9 Å². The largest absolute Gasteiger partial charge is 0.380 e. The molecule has 1 aromatic rings. The van der Waals surface area contributed by atoms with E-state index < -0.39 is 11.6 Å². The van der Waals surface area contributed by atoms with E-state index in [0.717, 1.165) is 19.0 Å². The molecule has 0 aromatic heterocycles. The van der Waals surface area contributed by atoms with E-state index >= 15 is 0 Å². The highest BCUT2D eigenvalue weighted by atomic mass is 79.9. The first-order chi connectivity index (χ1) is 9.06. The summed E-state index contributed by atoms with van der Waals surface area (Å²) >= 11 is 3.07. The third kappa shape index (κ3) is 4.14. The van der Waals surface area contributed by atoms with Crippen LogP contribution in [0.15, 0.2) is 16.6 Å². The highest BCUT2D eigenvalue weighted by molar-refractivity contribution is 9.10. The maximum absolute atomic E-state index is 13.6. The van der Waals surface area contributed by atoms with Crippen molar-refractivity contribution in [3.8, 4) is 0 Å². The lowest BCUT2D eigenvalue weighted by molar-refractivity contribution is 0.371. The summed E-state index contributed by atoms with van der Waals surface area (Å²) in [5.41, 5.74) is 0.344. The van der Waals surface area contributed by atoms with Crippen molar-refractivity contribution in [2.75, 3.05) is 11.9 Å². The minimum atomic E-state index is -0.579. The van der Waals surface area contributed by atoms with Crippen LogP contribution in [-0.4, -0.2) is 18.6 Å². The van der Waals surface area contributed by atoms with Gasteiger partial charge in [0.15, 0.2) is 0 Å². The highest BCUT2D eigenvalue weighted by Crippen LogP contribution is 2.25. The molecule has 2 N–H and O–H groups in total. The van der Waals surface area contributed by atoms with E-state index in [9.17, 15) is 8.78 Å². The number of benzene rings is 1. The van der Waals surface area contributed by atoms with Crippen molar-refractivity contribution in [1.82, 2.24) is 5.32 Å². The van der Waals surface area contributed by atoms with Gasteiger partial charge in [0.2, 0.25) is 0 Å². The van der Waals surface area contributed by atoms with E-state index in [4.69, 9.17) is 0 Å². The monoisotopic (exact) mass is 332 g/mol. The number of halogens is 3. The summed E-state index contributed by atoms with van der Waals surface area (Å²) in [6.07, 6.45) is 4.59. The topological polar surface area (TPSA) is 24.1 Å². The van der Waals surface area contributed by atoms with Crippen molar-refractivity contribution >= 4 is 21.6 Å². The van der Waals surface area contributed by atoms with Crippen LogP contribution in [0.2, 0.25) is 0 Å². The van der Waals surface area contributed by atoms with Crippen molar-refractivity contribution in [2.45, 2.75) is 44.7 Å². The van der Waals surface area contributed by atoms with E-state index in [1.54, 1.807) is 0 Å². The molecule has 1 fully saturated rings. The second-order valence-corrected chi connectivity index (χ2v) is 6.03. The lowest BCUT2D eigenvalue weighted by Gasteiger charge is -2.27. The van der Waals surface area contributed by atoms with Gasteiger partial charge in [0.1, 0.15) is 11.6 Å². The molecule has 2 atom stereocenters. The van der Waals surface area contributed by atoms with Crippen LogP contribution in [0, 0.1) is 11.6 Å². The lowest BCUT2D eigenvalue weighted by atomic mass is 9.98. The minimum absolute atomic E-state index is 0.141. The van der Waals surface area contributed by atoms with Crippen molar-refractivity contribution in [1.29, 1.82) is 0 Å². The molecule has 19 heavy (non-hydrogen) atoms. The fourth-order valence-electron chi connectivity index (χ4n) is 2.51. The Morgan fingerprint density at radius 3 is 2.84 bits per heavy atom. The number of nitrogens with one attached hydrogen (secondary N) is 2. The average molecular weight is 333 g/mol. The van der Waals surface area contributed by atoms with Gasteiger partial charge in [0, 0.05) is 18.2 Å². The molecular weight excluding hydrogens is 314 g/mol. The number of hydrogen-bond donors (Lipinski definition) is 2. The average Bonchev–Trinajstić information content (AvgIpc) is 2.37. The molecule has 106 valence electrons. The van der Waals surface area contributed by atoms with Crippen LogP contribution in [0.1, 0.15) is 32.6 Å². The molecule has 1 heterocycles. The van der Waals surface area contributed by atoms with E-state index in [1.165, 1.54) is 25.3 Å². The van der Waals surface area contributed by atoms with Crippen molar-refractivity contribution < 1.29 is 8.78 Å². The van der Waals surface area contributed by atoms with E-state index in [2.05, 4.69) is 26.6 Å². The van der Waals surface area contributed by atoms with Crippen LogP contribution < -0.4 is 10.6 Å². The Labute approximate surface area is 121 Å². The van der Waals surface area contributed by atoms with Gasteiger partial charge in [-0.25, -0.2) is 8.78 Å². The Kier molecular flexibility index (Phi) is 5.16. The molecule has 1 aromatic carbocycles. The molecular formula is C14H19BrF2N2. The van der Waals surface area contributed by atoms with E-state index in [1.807, 2.05) is 6.92 Å². The molecule has 1 aliphatic rings. The van der Waals surface area contributed by atoms with Gasteiger partial charge in [0.25, 0.3) is 0 Å². The summed E-state index contributed by atoms with van der Waals surface area (Å²) < 4.78 is 27.1. The first kappa shape index (κ1) is 14.7. The van der Waals surface area contributed by atoms with Crippen LogP contribution in [0.25, 0.3) is 0 Å². The Balaban J connectivity index is 1.94. The van der Waals surface area contributed by atoms with Crippen molar-refractivity contribution in [3.05, 3.63) is 28.2 Å². The molecule has 2 rings (SSSR count). The zero-order chi connectivity index (χ0) is 13.8. The molecule has 0 spiro atoms. The van der Waals surface area contributed by atoms with Crippen molar-refractivity contribution in [2.24, 2.45) is 0 Å². The molecule has 0 radical (unpaired) electrons. The van der Waals surface area contributed by atoms with Gasteiger partial charge in [0.05, 0.1) is 10.2 Å². The molecule has 0 saturated carbocycles. The molecule has 5 heteroatoms. The summed E-state index contributed by atoms with van der Waals surface area (Å²) in [5, 5.41) is 6.58. The zero-order valence-corrected chi connectivity index (χ0v) is 12.6. The van der Waals surface area contributed by atoms with E-state index in [-0.39, 0.29) is 10.5 Å². The Morgan fingerprint density at radius 2 is 2.16 bits per heavy atom. The normalized spacial score (nSPS) is 21.2. The summed E-state index contributed by atoms with van der Waals surface area (Å²) in [6.45, 7) is 3.08. The number of anilines is 1. The van der Waals surface area contributed by atoms with Crippen LogP contribution in [-0.2, 0) is 0 Å². The minimum Gasteiger partial charge on any atom is -0.380 e. The Bertz CT molecular complexity index is 434. The SMILES string of the molecule is CC(CC1CCCCN1)Nc1cc(Br)c(F)cc1F. The van der Waals surface area contributed by atoms with Gasteiger partial charge in [-0.1, -0.05) is 6.42 Å². The highest BCUT2D eigenvalue weighted by Gasteiger charge is 2.17. The Morgan fingerprint density at radius 1 is 1.37 bits per heavy atom. The molecule has 0 aliphatic carbocycles. The number of rotatable bonds is 4. The number of hydrogen-bond acceptors (Lipinski definition) is 2. The second-order valence-electron chi connectivity index (χ2n) is 5.17.